The summed E-state index contributed by atoms with van der Waals surface area (Å²) < 4.78 is 38.2. The largest absolute Gasteiger partial charge is 0.486 e. The first-order valence-corrected chi connectivity index (χ1v) is 17.7. The molecule has 2 aliphatic rings. The van der Waals surface area contributed by atoms with Crippen LogP contribution >= 0.6 is 0 Å². The molecule has 240 valence electrons. The third-order valence-corrected chi connectivity index (χ3v) is 9.58. The second-order valence-corrected chi connectivity index (χ2v) is 13.7. The van der Waals surface area contributed by atoms with Gasteiger partial charge in [0.05, 0.1) is 11.9 Å². The van der Waals surface area contributed by atoms with E-state index in [-0.39, 0.29) is 43.8 Å². The van der Waals surface area contributed by atoms with E-state index in [2.05, 4.69) is 5.32 Å². The number of carbonyl (C=O) groups excluding carboxylic acids is 2. The van der Waals surface area contributed by atoms with Crippen molar-refractivity contribution in [3.8, 4) is 11.5 Å². The zero-order valence-electron chi connectivity index (χ0n) is 25.9. The summed E-state index contributed by atoms with van der Waals surface area (Å²) in [5.41, 5.74) is 2.33. The van der Waals surface area contributed by atoms with Crippen molar-refractivity contribution in [3.05, 3.63) is 90.0 Å². The fourth-order valence-electron chi connectivity index (χ4n) is 6.07. The molecule has 1 saturated carbocycles. The predicted molar refractivity (Wildman–Crippen MR) is 175 cm³/mol. The lowest BCUT2D eigenvalue weighted by molar-refractivity contribution is -0.141. The Labute approximate surface area is 266 Å². The molecule has 5 rings (SSSR count). The van der Waals surface area contributed by atoms with Gasteiger partial charge < -0.3 is 19.7 Å². The molecule has 1 aliphatic carbocycles. The van der Waals surface area contributed by atoms with E-state index in [0.29, 0.717) is 36.8 Å². The molecule has 0 spiro atoms. The Morgan fingerprint density at radius 3 is 2.18 bits per heavy atom. The van der Waals surface area contributed by atoms with Gasteiger partial charge in [-0.05, 0) is 42.5 Å². The number of rotatable bonds is 13. The van der Waals surface area contributed by atoms with Gasteiger partial charge in [0, 0.05) is 38.0 Å². The Morgan fingerprint density at radius 2 is 1.51 bits per heavy atom. The van der Waals surface area contributed by atoms with Crippen molar-refractivity contribution in [1.29, 1.82) is 0 Å². The molecule has 1 atom stereocenters. The molecular weight excluding hydrogens is 590 g/mol. The number of hydrogen-bond donors (Lipinski definition) is 1. The lowest BCUT2D eigenvalue weighted by Crippen LogP contribution is -2.52. The second-order valence-electron chi connectivity index (χ2n) is 11.8. The van der Waals surface area contributed by atoms with Gasteiger partial charge in [0.15, 0.2) is 11.5 Å². The van der Waals surface area contributed by atoms with E-state index in [0.717, 1.165) is 43.1 Å². The van der Waals surface area contributed by atoms with Gasteiger partial charge in [-0.3, -0.25) is 13.9 Å². The van der Waals surface area contributed by atoms with Gasteiger partial charge in [-0.1, -0.05) is 79.9 Å². The summed E-state index contributed by atoms with van der Waals surface area (Å²) in [6.45, 7) is 1.20. The predicted octanol–water partition coefficient (Wildman–Crippen LogP) is 5.09. The number of ether oxygens (including phenoxy) is 2. The third kappa shape index (κ3) is 9.00. The molecule has 0 aromatic heterocycles. The highest BCUT2D eigenvalue weighted by Gasteiger charge is 2.32. The monoisotopic (exact) mass is 633 g/mol. The SMILES string of the molecule is CS(=O)(=O)N(CCCC(=O)N(Cc1ccccc1)[C@H](Cc1ccccc1)C(=O)NC1CCCCC1)c1ccc2c(c1)OCCO2. The first-order chi connectivity index (χ1) is 21.8. The van der Waals surface area contributed by atoms with Crippen LogP contribution < -0.4 is 19.1 Å². The van der Waals surface area contributed by atoms with E-state index in [9.17, 15) is 18.0 Å². The van der Waals surface area contributed by atoms with Crippen molar-refractivity contribution < 1.29 is 27.5 Å². The molecule has 1 heterocycles. The average Bonchev–Trinajstić information content (AvgIpc) is 3.05. The Bertz CT molecular complexity index is 1530. The molecule has 45 heavy (non-hydrogen) atoms. The average molecular weight is 634 g/mol. The van der Waals surface area contributed by atoms with Crippen LogP contribution in [-0.2, 0) is 32.6 Å². The zero-order chi connectivity index (χ0) is 31.6. The summed E-state index contributed by atoms with van der Waals surface area (Å²) in [6.07, 6.45) is 7.11. The maximum absolute atomic E-state index is 14.1. The molecule has 3 aromatic rings. The van der Waals surface area contributed by atoms with Gasteiger partial charge in [0.2, 0.25) is 21.8 Å². The summed E-state index contributed by atoms with van der Waals surface area (Å²) in [5.74, 6) is 0.713. The molecule has 0 bridgehead atoms. The number of benzene rings is 3. The van der Waals surface area contributed by atoms with Crippen LogP contribution in [0.4, 0.5) is 5.69 Å². The van der Waals surface area contributed by atoms with Crippen LogP contribution in [0.2, 0.25) is 0 Å². The maximum Gasteiger partial charge on any atom is 0.243 e. The number of nitrogens with zero attached hydrogens (tertiary/aromatic N) is 2. The van der Waals surface area contributed by atoms with Crippen LogP contribution in [0.5, 0.6) is 11.5 Å². The molecule has 1 N–H and O–H groups in total. The number of anilines is 1. The second kappa shape index (κ2) is 15.3. The van der Waals surface area contributed by atoms with Crippen LogP contribution in [0.1, 0.15) is 56.1 Å². The molecular formula is C35H43N3O6S. The van der Waals surface area contributed by atoms with Crippen molar-refractivity contribution in [2.45, 2.75) is 70.0 Å². The Balaban J connectivity index is 1.36. The maximum atomic E-state index is 14.1. The third-order valence-electron chi connectivity index (χ3n) is 8.38. The van der Waals surface area contributed by atoms with Crippen molar-refractivity contribution >= 4 is 27.5 Å². The Morgan fingerprint density at radius 1 is 0.867 bits per heavy atom. The number of nitrogens with one attached hydrogen (secondary N) is 1. The summed E-state index contributed by atoms with van der Waals surface area (Å²) >= 11 is 0. The quantitative estimate of drug-likeness (QED) is 0.281. The van der Waals surface area contributed by atoms with E-state index < -0.39 is 16.1 Å². The summed E-state index contributed by atoms with van der Waals surface area (Å²) in [7, 11) is -3.65. The number of sulfonamides is 1. The highest BCUT2D eigenvalue weighted by atomic mass is 32.2. The minimum atomic E-state index is -3.65. The van der Waals surface area contributed by atoms with Crippen LogP contribution in [0.3, 0.4) is 0 Å². The molecule has 0 unspecified atom stereocenters. The standard InChI is InChI=1S/C35H43N3O6S/c1-45(41,42)38(30-19-20-32-33(25-30)44-23-22-43-32)21-11-18-34(39)37(26-28-14-7-3-8-15-28)31(24-27-12-5-2-6-13-27)35(40)36-29-16-9-4-10-17-29/h2-3,5-8,12-15,19-20,25,29,31H,4,9-11,16-18,21-24,26H2,1H3,(H,36,40)/t31-/m1/s1. The number of carbonyl (C=O) groups is 2. The minimum absolute atomic E-state index is 0.0748. The van der Waals surface area contributed by atoms with Gasteiger partial charge in [0.1, 0.15) is 19.3 Å². The normalized spacial score (nSPS) is 15.6. The molecule has 0 radical (unpaired) electrons. The lowest BCUT2D eigenvalue weighted by Gasteiger charge is -2.34. The van der Waals surface area contributed by atoms with Crippen molar-refractivity contribution in [2.75, 3.05) is 30.3 Å². The Hall–Kier alpha value is -4.05. The zero-order valence-corrected chi connectivity index (χ0v) is 26.7. The molecule has 1 aliphatic heterocycles. The van der Waals surface area contributed by atoms with Crippen molar-refractivity contribution in [1.82, 2.24) is 10.2 Å². The minimum Gasteiger partial charge on any atom is -0.486 e. The number of amides is 2. The molecule has 0 saturated heterocycles. The molecule has 10 heteroatoms. The Kier molecular flexibility index (Phi) is 11.0. The van der Waals surface area contributed by atoms with E-state index in [1.54, 1.807) is 23.1 Å². The molecule has 1 fully saturated rings. The topological polar surface area (TPSA) is 105 Å². The van der Waals surface area contributed by atoms with E-state index >= 15 is 0 Å². The summed E-state index contributed by atoms with van der Waals surface area (Å²) in [5, 5.41) is 3.26. The molecule has 2 amide bonds. The van der Waals surface area contributed by atoms with Gasteiger partial charge in [-0.15, -0.1) is 0 Å². The van der Waals surface area contributed by atoms with Crippen LogP contribution in [-0.4, -0.2) is 63.2 Å². The van der Waals surface area contributed by atoms with Crippen molar-refractivity contribution in [2.24, 2.45) is 0 Å². The van der Waals surface area contributed by atoms with E-state index in [4.69, 9.17) is 9.47 Å². The van der Waals surface area contributed by atoms with Crippen LogP contribution in [0.15, 0.2) is 78.9 Å². The van der Waals surface area contributed by atoms with E-state index in [1.165, 1.54) is 10.7 Å². The fraction of sp³-hybridized carbons (Fsp3) is 0.429. The molecule has 3 aromatic carbocycles. The van der Waals surface area contributed by atoms with Gasteiger partial charge in [0.25, 0.3) is 0 Å². The van der Waals surface area contributed by atoms with Gasteiger partial charge in [-0.2, -0.15) is 0 Å². The highest BCUT2D eigenvalue weighted by Crippen LogP contribution is 2.35. The smallest absolute Gasteiger partial charge is 0.243 e. The van der Waals surface area contributed by atoms with Crippen LogP contribution in [0.25, 0.3) is 0 Å². The number of hydrogen-bond acceptors (Lipinski definition) is 6. The molecule has 9 nitrogen and oxygen atoms in total. The van der Waals surface area contributed by atoms with Crippen molar-refractivity contribution in [3.63, 3.8) is 0 Å². The van der Waals surface area contributed by atoms with Crippen LogP contribution in [0, 0.1) is 0 Å². The highest BCUT2D eigenvalue weighted by molar-refractivity contribution is 7.92. The first kappa shape index (κ1) is 32.3. The lowest BCUT2D eigenvalue weighted by atomic mass is 9.94. The fourth-order valence-corrected chi connectivity index (χ4v) is 7.03. The van der Waals surface area contributed by atoms with Gasteiger partial charge >= 0.3 is 0 Å². The number of fused-ring (bicyclic) bond motifs is 1. The van der Waals surface area contributed by atoms with E-state index in [1.807, 2.05) is 60.7 Å². The summed E-state index contributed by atoms with van der Waals surface area (Å²) in [4.78, 5) is 29.7. The first-order valence-electron chi connectivity index (χ1n) is 15.8. The van der Waals surface area contributed by atoms with Gasteiger partial charge in [-0.25, -0.2) is 8.42 Å². The summed E-state index contributed by atoms with van der Waals surface area (Å²) in [6, 6.07) is 23.9.